The molecule has 2 saturated heterocycles. The summed E-state index contributed by atoms with van der Waals surface area (Å²) >= 11 is 0. The maximum Gasteiger partial charge on any atom is 0.137 e. The molecule has 1 N–H and O–H groups in total. The Morgan fingerprint density at radius 1 is 1.28 bits per heavy atom. The van der Waals surface area contributed by atoms with Crippen LogP contribution in [0.1, 0.15) is 24.8 Å². The van der Waals surface area contributed by atoms with Crippen LogP contribution in [-0.4, -0.2) is 24.5 Å². The van der Waals surface area contributed by atoms with E-state index in [-0.39, 0.29) is 12.1 Å². The van der Waals surface area contributed by atoms with Gasteiger partial charge in [0.05, 0.1) is 18.8 Å². The van der Waals surface area contributed by atoms with Crippen LogP contribution in [0.3, 0.4) is 0 Å². The van der Waals surface area contributed by atoms with E-state index >= 15 is 0 Å². The van der Waals surface area contributed by atoms with Crippen molar-refractivity contribution in [2.24, 2.45) is 5.92 Å². The molecule has 3 heteroatoms. The maximum absolute atomic E-state index is 10.9. The van der Waals surface area contributed by atoms with Gasteiger partial charge in [0, 0.05) is 6.04 Å². The summed E-state index contributed by atoms with van der Waals surface area (Å²) in [6.07, 6.45) is 4.64. The zero-order valence-corrected chi connectivity index (χ0v) is 10.4. The van der Waals surface area contributed by atoms with Gasteiger partial charge in [0.25, 0.3) is 0 Å². The topological polar surface area (TPSA) is 38.3 Å². The van der Waals surface area contributed by atoms with Crippen LogP contribution in [0.5, 0.6) is 0 Å². The van der Waals surface area contributed by atoms with Gasteiger partial charge < -0.3 is 14.8 Å². The quantitative estimate of drug-likeness (QED) is 0.824. The Hall–Kier alpha value is -1.19. The predicted molar refractivity (Wildman–Crippen MR) is 69.1 cm³/mol. The van der Waals surface area contributed by atoms with Crippen LogP contribution in [0.2, 0.25) is 0 Å². The van der Waals surface area contributed by atoms with Crippen LogP contribution in [0.4, 0.5) is 0 Å². The second kappa shape index (κ2) is 5.21. The van der Waals surface area contributed by atoms with Crippen LogP contribution in [0.15, 0.2) is 30.3 Å². The minimum Gasteiger partial charge on any atom is -0.372 e. The second-order valence-corrected chi connectivity index (χ2v) is 5.34. The highest BCUT2D eigenvalue weighted by atomic mass is 16.5. The summed E-state index contributed by atoms with van der Waals surface area (Å²) in [7, 11) is 0. The van der Waals surface area contributed by atoms with Gasteiger partial charge in [-0.3, -0.25) is 0 Å². The van der Waals surface area contributed by atoms with E-state index < -0.39 is 0 Å². The molecule has 2 aliphatic heterocycles. The van der Waals surface area contributed by atoms with Gasteiger partial charge in [-0.1, -0.05) is 30.3 Å². The summed E-state index contributed by atoms with van der Waals surface area (Å²) in [5.74, 6) is 0.466. The molecule has 0 unspecified atom stereocenters. The maximum atomic E-state index is 10.9. The fourth-order valence-electron chi connectivity index (χ4n) is 3.17. The van der Waals surface area contributed by atoms with Gasteiger partial charge in [0.2, 0.25) is 0 Å². The number of nitrogens with one attached hydrogen (secondary N) is 1. The van der Waals surface area contributed by atoms with Crippen LogP contribution in [0, 0.1) is 5.92 Å². The third-order valence-corrected chi connectivity index (χ3v) is 4.20. The lowest BCUT2D eigenvalue weighted by molar-refractivity contribution is -0.116. The van der Waals surface area contributed by atoms with Gasteiger partial charge in [-0.2, -0.15) is 0 Å². The lowest BCUT2D eigenvalue weighted by Gasteiger charge is -2.46. The molecule has 4 rings (SSSR count). The number of hydrogen-bond acceptors (Lipinski definition) is 3. The fraction of sp³-hybridized carbons (Fsp3) is 0.533. The first-order chi connectivity index (χ1) is 8.86. The molecule has 2 bridgehead atoms. The number of fused-ring (bicyclic) bond motifs is 3. The summed E-state index contributed by atoms with van der Waals surface area (Å²) in [6.45, 7) is 0.669. The minimum atomic E-state index is 0.0559. The zero-order valence-electron chi connectivity index (χ0n) is 10.4. The predicted octanol–water partition coefficient (Wildman–Crippen LogP) is 1.91. The molecule has 0 radical (unpaired) electrons. The second-order valence-electron chi connectivity index (χ2n) is 5.34. The van der Waals surface area contributed by atoms with Crippen LogP contribution in [-0.2, 0) is 16.1 Å². The van der Waals surface area contributed by atoms with E-state index in [9.17, 15) is 4.79 Å². The first kappa shape index (κ1) is 11.9. The molecule has 18 heavy (non-hydrogen) atoms. The van der Waals surface area contributed by atoms with E-state index in [1.807, 2.05) is 18.2 Å². The molecule has 1 aromatic carbocycles. The van der Waals surface area contributed by atoms with Gasteiger partial charge in [0.15, 0.2) is 0 Å². The molecule has 1 aliphatic carbocycles. The monoisotopic (exact) mass is 245 g/mol. The van der Waals surface area contributed by atoms with Crippen LogP contribution in [0.25, 0.3) is 0 Å². The van der Waals surface area contributed by atoms with Crippen molar-refractivity contribution < 1.29 is 9.53 Å². The van der Waals surface area contributed by atoms with Crippen molar-refractivity contribution in [2.45, 2.75) is 44.1 Å². The van der Waals surface area contributed by atoms with Gasteiger partial charge >= 0.3 is 0 Å². The number of ether oxygens (including phenoxy) is 1. The molecule has 3 fully saturated rings. The first-order valence-electron chi connectivity index (χ1n) is 6.73. The molecular weight excluding hydrogens is 226 g/mol. The Balaban J connectivity index is 1.57. The van der Waals surface area contributed by atoms with Crippen molar-refractivity contribution in [3.05, 3.63) is 35.9 Å². The average Bonchev–Trinajstić information content (AvgIpc) is 2.46. The summed E-state index contributed by atoms with van der Waals surface area (Å²) in [5, 5.41) is 3.40. The van der Waals surface area contributed by atoms with Gasteiger partial charge in [-0.05, 0) is 30.7 Å². The van der Waals surface area contributed by atoms with Crippen molar-refractivity contribution in [1.82, 2.24) is 5.32 Å². The Morgan fingerprint density at radius 2 is 2.11 bits per heavy atom. The summed E-state index contributed by atoms with van der Waals surface area (Å²) in [5.41, 5.74) is 1.21. The van der Waals surface area contributed by atoms with E-state index in [2.05, 4.69) is 17.4 Å². The SMILES string of the molecule is O=C[C@H]1N[C@H]2CC[C@@H]1C[C@@H]2OCc1ccccc1. The van der Waals surface area contributed by atoms with E-state index in [0.717, 1.165) is 25.5 Å². The minimum absolute atomic E-state index is 0.0559. The molecule has 2 heterocycles. The van der Waals surface area contributed by atoms with Crippen LogP contribution < -0.4 is 5.32 Å². The summed E-state index contributed by atoms with van der Waals surface area (Å²) in [6, 6.07) is 10.7. The highest BCUT2D eigenvalue weighted by Crippen LogP contribution is 2.34. The smallest absolute Gasteiger partial charge is 0.137 e. The van der Waals surface area contributed by atoms with E-state index in [1.165, 1.54) is 5.56 Å². The zero-order chi connectivity index (χ0) is 12.4. The number of carbonyl (C=O) groups excluding carboxylic acids is 1. The number of aldehydes is 1. The van der Waals surface area contributed by atoms with Crippen molar-refractivity contribution in [3.8, 4) is 0 Å². The standard InChI is InChI=1S/C15H19NO2/c17-9-14-12-6-7-13(16-14)15(8-12)18-10-11-4-2-1-3-5-11/h1-5,9,12-16H,6-8,10H2/t12-,13+,14-,15+/m1/s1. The highest BCUT2D eigenvalue weighted by molar-refractivity contribution is 5.59. The Morgan fingerprint density at radius 3 is 2.78 bits per heavy atom. The van der Waals surface area contributed by atoms with E-state index in [1.54, 1.807) is 0 Å². The molecule has 1 saturated carbocycles. The van der Waals surface area contributed by atoms with Crippen molar-refractivity contribution in [2.75, 3.05) is 0 Å². The molecule has 0 aromatic heterocycles. The van der Waals surface area contributed by atoms with Crippen molar-refractivity contribution in [1.29, 1.82) is 0 Å². The average molecular weight is 245 g/mol. The molecule has 0 spiro atoms. The van der Waals surface area contributed by atoms with Gasteiger partial charge in [0.1, 0.15) is 6.29 Å². The number of carbonyl (C=O) groups is 1. The summed E-state index contributed by atoms with van der Waals surface area (Å²) in [4.78, 5) is 10.9. The van der Waals surface area contributed by atoms with Gasteiger partial charge in [-0.15, -0.1) is 0 Å². The number of benzene rings is 1. The Bertz CT molecular complexity index is 406. The number of rotatable bonds is 4. The van der Waals surface area contributed by atoms with Crippen molar-refractivity contribution >= 4 is 6.29 Å². The lowest BCUT2D eigenvalue weighted by atomic mass is 9.75. The van der Waals surface area contributed by atoms with Crippen LogP contribution >= 0.6 is 0 Å². The highest BCUT2D eigenvalue weighted by Gasteiger charge is 2.41. The Kier molecular flexibility index (Phi) is 3.43. The number of hydrogen-bond donors (Lipinski definition) is 1. The molecule has 3 aliphatic rings. The summed E-state index contributed by atoms with van der Waals surface area (Å²) < 4.78 is 6.02. The van der Waals surface area contributed by atoms with Crippen molar-refractivity contribution in [3.63, 3.8) is 0 Å². The molecule has 0 amide bonds. The fourth-order valence-corrected chi connectivity index (χ4v) is 3.17. The number of piperidine rings is 2. The first-order valence-corrected chi connectivity index (χ1v) is 6.73. The molecule has 4 atom stereocenters. The lowest BCUT2D eigenvalue weighted by Crippen LogP contribution is -2.60. The normalized spacial score (nSPS) is 34.4. The molecular formula is C15H19NO2. The Labute approximate surface area is 108 Å². The van der Waals surface area contributed by atoms with E-state index in [0.29, 0.717) is 18.6 Å². The molecule has 96 valence electrons. The third kappa shape index (κ3) is 2.33. The van der Waals surface area contributed by atoms with E-state index in [4.69, 9.17) is 4.74 Å². The molecule has 1 aromatic rings. The van der Waals surface area contributed by atoms with Gasteiger partial charge in [-0.25, -0.2) is 0 Å². The third-order valence-electron chi connectivity index (χ3n) is 4.20. The molecule has 3 nitrogen and oxygen atoms in total. The largest absolute Gasteiger partial charge is 0.372 e.